The Labute approximate surface area is 97.8 Å². The predicted octanol–water partition coefficient (Wildman–Crippen LogP) is 1.64. The van der Waals surface area contributed by atoms with Crippen LogP contribution in [0.4, 0.5) is 4.79 Å². The Balaban J connectivity index is 0.00000196. The summed E-state index contributed by atoms with van der Waals surface area (Å²) in [7, 11) is 0. The van der Waals surface area contributed by atoms with Gasteiger partial charge in [0.1, 0.15) is 5.60 Å². The molecule has 0 spiro atoms. The summed E-state index contributed by atoms with van der Waals surface area (Å²) < 4.78 is 5.28. The van der Waals surface area contributed by atoms with E-state index < -0.39 is 5.60 Å². The molecule has 1 atom stereocenters. The first-order chi connectivity index (χ1) is 6.38. The van der Waals surface area contributed by atoms with Gasteiger partial charge < -0.3 is 15.0 Å². The second-order valence-corrected chi connectivity index (χ2v) is 4.78. The first-order valence-corrected chi connectivity index (χ1v) is 5.10. The van der Waals surface area contributed by atoms with Crippen molar-refractivity contribution in [2.24, 2.45) is 0 Å². The second kappa shape index (κ2) is 5.56. The van der Waals surface area contributed by atoms with E-state index in [2.05, 4.69) is 12.2 Å². The van der Waals surface area contributed by atoms with Gasteiger partial charge in [-0.05, 0) is 27.7 Å². The van der Waals surface area contributed by atoms with Crippen molar-refractivity contribution in [1.29, 1.82) is 0 Å². The van der Waals surface area contributed by atoms with Gasteiger partial charge in [0, 0.05) is 25.7 Å². The van der Waals surface area contributed by atoms with Crippen LogP contribution in [0, 0.1) is 0 Å². The van der Waals surface area contributed by atoms with Crippen LogP contribution in [0.5, 0.6) is 0 Å². The minimum absolute atomic E-state index is 0. The highest BCUT2D eigenvalue weighted by Gasteiger charge is 2.25. The van der Waals surface area contributed by atoms with Gasteiger partial charge in [0.15, 0.2) is 0 Å². The lowest BCUT2D eigenvalue weighted by Crippen LogP contribution is -2.52. The Hall–Kier alpha value is -0.480. The predicted molar refractivity (Wildman–Crippen MR) is 62.5 cm³/mol. The molecule has 0 bridgehead atoms. The summed E-state index contributed by atoms with van der Waals surface area (Å²) in [4.78, 5) is 13.4. The fourth-order valence-electron chi connectivity index (χ4n) is 1.42. The summed E-state index contributed by atoms with van der Waals surface area (Å²) in [6.07, 6.45) is -0.203. The Bertz CT molecular complexity index is 216. The molecular weight excluding hydrogens is 216 g/mol. The van der Waals surface area contributed by atoms with E-state index in [1.165, 1.54) is 0 Å². The van der Waals surface area contributed by atoms with Crippen molar-refractivity contribution in [3.63, 3.8) is 0 Å². The first kappa shape index (κ1) is 14.5. The molecule has 0 aromatic heterocycles. The van der Waals surface area contributed by atoms with Crippen LogP contribution in [0.25, 0.3) is 0 Å². The Morgan fingerprint density at radius 3 is 2.53 bits per heavy atom. The van der Waals surface area contributed by atoms with Gasteiger partial charge in [0.25, 0.3) is 0 Å². The monoisotopic (exact) mass is 236 g/mol. The average molecular weight is 237 g/mol. The number of carbonyl (C=O) groups excluding carboxylic acids is 1. The number of amides is 1. The fourth-order valence-corrected chi connectivity index (χ4v) is 1.42. The Morgan fingerprint density at radius 2 is 2.07 bits per heavy atom. The van der Waals surface area contributed by atoms with Crippen molar-refractivity contribution in [2.45, 2.75) is 39.3 Å². The van der Waals surface area contributed by atoms with Gasteiger partial charge in [-0.1, -0.05) is 0 Å². The van der Waals surface area contributed by atoms with Crippen LogP contribution in [-0.4, -0.2) is 42.3 Å². The standard InChI is InChI=1S/C10H20N2O2.ClH/c1-8-7-12(6-5-11-8)9(13)14-10(2,3)4;/h8,11H,5-7H2,1-4H3;1H/t8-;/m0./s1. The summed E-state index contributed by atoms with van der Waals surface area (Å²) in [5.41, 5.74) is -0.398. The quantitative estimate of drug-likeness (QED) is 0.695. The van der Waals surface area contributed by atoms with Gasteiger partial charge in [-0.15, -0.1) is 12.4 Å². The fraction of sp³-hybridized carbons (Fsp3) is 0.900. The molecule has 1 amide bonds. The van der Waals surface area contributed by atoms with Crippen LogP contribution in [0.3, 0.4) is 0 Å². The number of carbonyl (C=O) groups is 1. The molecule has 1 N–H and O–H groups in total. The van der Waals surface area contributed by atoms with Crippen molar-refractivity contribution < 1.29 is 9.53 Å². The molecule has 1 aliphatic rings. The molecule has 1 fully saturated rings. The summed E-state index contributed by atoms with van der Waals surface area (Å²) in [5.74, 6) is 0. The van der Waals surface area contributed by atoms with Crippen LogP contribution >= 0.6 is 12.4 Å². The molecular formula is C10H21ClN2O2. The van der Waals surface area contributed by atoms with Crippen molar-refractivity contribution >= 4 is 18.5 Å². The molecule has 0 saturated carbocycles. The highest BCUT2D eigenvalue weighted by atomic mass is 35.5. The number of hydrogen-bond acceptors (Lipinski definition) is 3. The molecule has 1 saturated heterocycles. The maximum atomic E-state index is 11.6. The zero-order valence-corrected chi connectivity index (χ0v) is 10.7. The van der Waals surface area contributed by atoms with E-state index in [1.54, 1.807) is 4.90 Å². The normalized spacial score (nSPS) is 21.9. The van der Waals surface area contributed by atoms with E-state index >= 15 is 0 Å². The zero-order valence-electron chi connectivity index (χ0n) is 9.87. The van der Waals surface area contributed by atoms with Crippen molar-refractivity contribution in [2.75, 3.05) is 19.6 Å². The lowest BCUT2D eigenvalue weighted by Gasteiger charge is -2.33. The van der Waals surface area contributed by atoms with E-state index in [9.17, 15) is 4.79 Å². The van der Waals surface area contributed by atoms with E-state index in [0.29, 0.717) is 6.04 Å². The van der Waals surface area contributed by atoms with Gasteiger partial charge in [-0.3, -0.25) is 0 Å². The van der Waals surface area contributed by atoms with Crippen molar-refractivity contribution in [1.82, 2.24) is 10.2 Å². The number of rotatable bonds is 0. The van der Waals surface area contributed by atoms with Crippen LogP contribution < -0.4 is 5.32 Å². The maximum Gasteiger partial charge on any atom is 0.410 e. The number of nitrogens with one attached hydrogen (secondary N) is 1. The topological polar surface area (TPSA) is 41.6 Å². The second-order valence-electron chi connectivity index (χ2n) is 4.78. The first-order valence-electron chi connectivity index (χ1n) is 5.10. The molecule has 1 rings (SSSR count). The minimum atomic E-state index is -0.398. The number of nitrogens with zero attached hydrogens (tertiary/aromatic N) is 1. The minimum Gasteiger partial charge on any atom is -0.444 e. The largest absolute Gasteiger partial charge is 0.444 e. The highest BCUT2D eigenvalue weighted by Crippen LogP contribution is 2.11. The van der Waals surface area contributed by atoms with E-state index in [-0.39, 0.29) is 18.5 Å². The number of ether oxygens (including phenoxy) is 1. The smallest absolute Gasteiger partial charge is 0.410 e. The summed E-state index contributed by atoms with van der Waals surface area (Å²) >= 11 is 0. The molecule has 90 valence electrons. The number of halogens is 1. The van der Waals surface area contributed by atoms with Crippen molar-refractivity contribution in [3.05, 3.63) is 0 Å². The van der Waals surface area contributed by atoms with Crippen LogP contribution in [0.1, 0.15) is 27.7 Å². The van der Waals surface area contributed by atoms with E-state index in [4.69, 9.17) is 4.74 Å². The average Bonchev–Trinajstić information content (AvgIpc) is 2.01. The number of hydrogen-bond donors (Lipinski definition) is 1. The van der Waals surface area contributed by atoms with Gasteiger partial charge in [-0.25, -0.2) is 4.79 Å². The maximum absolute atomic E-state index is 11.6. The summed E-state index contributed by atoms with van der Waals surface area (Å²) in [6.45, 7) is 10.0. The third-order valence-electron chi connectivity index (χ3n) is 2.02. The van der Waals surface area contributed by atoms with E-state index in [0.717, 1.165) is 19.6 Å². The van der Waals surface area contributed by atoms with Gasteiger partial charge in [0.05, 0.1) is 0 Å². The SMILES string of the molecule is C[C@H]1CN(C(=O)OC(C)(C)C)CCN1.Cl. The summed E-state index contributed by atoms with van der Waals surface area (Å²) in [6, 6.07) is 0.358. The molecule has 5 heteroatoms. The van der Waals surface area contributed by atoms with Crippen molar-refractivity contribution in [3.8, 4) is 0 Å². The Kier molecular flexibility index (Phi) is 5.38. The van der Waals surface area contributed by atoms with Crippen LogP contribution in [0.15, 0.2) is 0 Å². The van der Waals surface area contributed by atoms with Gasteiger partial charge in [0.2, 0.25) is 0 Å². The van der Waals surface area contributed by atoms with Crippen LogP contribution in [0.2, 0.25) is 0 Å². The molecule has 4 nitrogen and oxygen atoms in total. The molecule has 0 aliphatic carbocycles. The molecule has 15 heavy (non-hydrogen) atoms. The lowest BCUT2D eigenvalue weighted by atomic mass is 10.2. The third-order valence-corrected chi connectivity index (χ3v) is 2.02. The summed E-state index contributed by atoms with van der Waals surface area (Å²) in [5, 5.41) is 3.28. The molecule has 1 aliphatic heterocycles. The molecule has 1 heterocycles. The third kappa shape index (κ3) is 5.23. The highest BCUT2D eigenvalue weighted by molar-refractivity contribution is 5.85. The number of piperazine rings is 1. The van der Waals surface area contributed by atoms with E-state index in [1.807, 2.05) is 20.8 Å². The van der Waals surface area contributed by atoms with Crippen LogP contribution in [-0.2, 0) is 4.74 Å². The Morgan fingerprint density at radius 1 is 1.47 bits per heavy atom. The lowest BCUT2D eigenvalue weighted by molar-refractivity contribution is 0.0201. The molecule has 0 aromatic rings. The van der Waals surface area contributed by atoms with Gasteiger partial charge >= 0.3 is 6.09 Å². The molecule has 0 unspecified atom stereocenters. The molecule has 0 radical (unpaired) electrons. The van der Waals surface area contributed by atoms with Gasteiger partial charge in [-0.2, -0.15) is 0 Å². The molecule has 0 aromatic carbocycles. The zero-order chi connectivity index (χ0) is 10.8.